The van der Waals surface area contributed by atoms with Gasteiger partial charge >= 0.3 is 0 Å². The average molecular weight is 180 g/mol. The second-order valence-electron chi connectivity index (χ2n) is 2.98. The number of ether oxygens (including phenoxy) is 1. The van der Waals surface area contributed by atoms with Gasteiger partial charge in [-0.3, -0.25) is 0 Å². The van der Waals surface area contributed by atoms with E-state index in [0.717, 1.165) is 12.8 Å². The first-order valence-corrected chi connectivity index (χ1v) is 4.62. The molecule has 0 spiro atoms. The van der Waals surface area contributed by atoms with Gasteiger partial charge in [-0.05, 0) is 43.4 Å². The predicted molar refractivity (Wildman–Crippen MR) is 52.4 cm³/mol. The fourth-order valence-electron chi connectivity index (χ4n) is 1.19. The second-order valence-corrected chi connectivity index (χ2v) is 2.98. The first kappa shape index (κ1) is 9.90. The zero-order valence-corrected chi connectivity index (χ0v) is 8.03. The molecule has 0 saturated carbocycles. The molecule has 0 unspecified atom stereocenters. The van der Waals surface area contributed by atoms with Crippen LogP contribution in [0, 0.1) is 0 Å². The highest BCUT2D eigenvalue weighted by Crippen LogP contribution is 2.07. The zero-order chi connectivity index (χ0) is 9.36. The Kier molecular flexibility index (Phi) is 4.84. The summed E-state index contributed by atoms with van der Waals surface area (Å²) in [6.07, 6.45) is 11.9. The Balaban J connectivity index is 1.99. The summed E-state index contributed by atoms with van der Waals surface area (Å²) in [5.74, 6) is 0. The van der Waals surface area contributed by atoms with Crippen molar-refractivity contribution in [2.24, 2.45) is 0 Å². The number of allylic oxidation sites excluding steroid dienone is 1. The van der Waals surface area contributed by atoms with Crippen LogP contribution >= 0.6 is 0 Å². The van der Waals surface area contributed by atoms with Crippen LogP contribution in [0.5, 0.6) is 0 Å². The van der Waals surface area contributed by atoms with Gasteiger partial charge in [-0.1, -0.05) is 0 Å². The van der Waals surface area contributed by atoms with E-state index in [4.69, 9.17) is 9.15 Å². The summed E-state index contributed by atoms with van der Waals surface area (Å²) in [4.78, 5) is 0. The molecule has 0 aliphatic rings. The van der Waals surface area contributed by atoms with Crippen LogP contribution in [0.25, 0.3) is 0 Å². The van der Waals surface area contributed by atoms with E-state index in [1.807, 2.05) is 12.3 Å². The average Bonchev–Trinajstić information content (AvgIpc) is 2.63. The molecule has 1 aromatic rings. The Labute approximate surface area is 79.2 Å². The molecule has 0 saturated heterocycles. The molecule has 2 nitrogen and oxygen atoms in total. The standard InChI is InChI=1S/C11H16O2/c1-12-8-5-3-2-4-6-11-7-9-13-10-11/h5,7-10H,2-4,6H2,1H3/b8-5+. The topological polar surface area (TPSA) is 22.4 Å². The Bertz CT molecular complexity index is 224. The van der Waals surface area contributed by atoms with Gasteiger partial charge in [0.15, 0.2) is 0 Å². The third-order valence-corrected chi connectivity index (χ3v) is 1.90. The first-order chi connectivity index (χ1) is 6.43. The summed E-state index contributed by atoms with van der Waals surface area (Å²) < 4.78 is 9.77. The first-order valence-electron chi connectivity index (χ1n) is 4.62. The van der Waals surface area contributed by atoms with Crippen molar-refractivity contribution in [1.29, 1.82) is 0 Å². The molecule has 0 fully saturated rings. The molecule has 0 aliphatic heterocycles. The van der Waals surface area contributed by atoms with Gasteiger partial charge in [-0.15, -0.1) is 0 Å². The predicted octanol–water partition coefficient (Wildman–Crippen LogP) is 3.15. The SMILES string of the molecule is CO/C=C/CCCCc1ccoc1. The van der Waals surface area contributed by atoms with Crippen molar-refractivity contribution in [3.8, 4) is 0 Å². The van der Waals surface area contributed by atoms with Crippen molar-refractivity contribution in [3.63, 3.8) is 0 Å². The van der Waals surface area contributed by atoms with Crippen molar-refractivity contribution in [1.82, 2.24) is 0 Å². The van der Waals surface area contributed by atoms with Crippen LogP contribution in [0.3, 0.4) is 0 Å². The molecule has 2 heteroatoms. The van der Waals surface area contributed by atoms with Crippen LogP contribution < -0.4 is 0 Å². The largest absolute Gasteiger partial charge is 0.505 e. The summed E-state index contributed by atoms with van der Waals surface area (Å²) in [5, 5.41) is 0. The molecule has 72 valence electrons. The summed E-state index contributed by atoms with van der Waals surface area (Å²) >= 11 is 0. The second kappa shape index (κ2) is 6.35. The third-order valence-electron chi connectivity index (χ3n) is 1.90. The minimum absolute atomic E-state index is 1.09. The van der Waals surface area contributed by atoms with E-state index in [1.54, 1.807) is 19.6 Å². The van der Waals surface area contributed by atoms with Crippen molar-refractivity contribution < 1.29 is 9.15 Å². The Morgan fingerprint density at radius 3 is 3.08 bits per heavy atom. The molecule has 0 aliphatic carbocycles. The lowest BCUT2D eigenvalue weighted by Crippen LogP contribution is -1.81. The molecular formula is C11H16O2. The molecule has 1 heterocycles. The fraction of sp³-hybridized carbons (Fsp3) is 0.455. The quantitative estimate of drug-likeness (QED) is 0.495. The van der Waals surface area contributed by atoms with Crippen molar-refractivity contribution >= 4 is 0 Å². The number of hydrogen-bond donors (Lipinski definition) is 0. The lowest BCUT2D eigenvalue weighted by Gasteiger charge is -1.94. The Morgan fingerprint density at radius 1 is 1.46 bits per heavy atom. The van der Waals surface area contributed by atoms with Gasteiger partial charge in [-0.25, -0.2) is 0 Å². The molecule has 1 aromatic heterocycles. The molecule has 0 amide bonds. The monoisotopic (exact) mass is 180 g/mol. The van der Waals surface area contributed by atoms with Gasteiger partial charge in [0.25, 0.3) is 0 Å². The number of unbranched alkanes of at least 4 members (excludes halogenated alkanes) is 2. The fourth-order valence-corrected chi connectivity index (χ4v) is 1.19. The lowest BCUT2D eigenvalue weighted by molar-refractivity contribution is 0.336. The van der Waals surface area contributed by atoms with Crippen LogP contribution in [0.15, 0.2) is 35.3 Å². The minimum atomic E-state index is 1.09. The Morgan fingerprint density at radius 2 is 2.38 bits per heavy atom. The van der Waals surface area contributed by atoms with E-state index < -0.39 is 0 Å². The van der Waals surface area contributed by atoms with E-state index in [0.29, 0.717) is 0 Å². The number of hydrogen-bond acceptors (Lipinski definition) is 2. The van der Waals surface area contributed by atoms with Gasteiger partial charge < -0.3 is 9.15 Å². The molecule has 1 rings (SSSR count). The maximum atomic E-state index is 4.98. The van der Waals surface area contributed by atoms with Crippen LogP contribution in [-0.4, -0.2) is 7.11 Å². The van der Waals surface area contributed by atoms with Crippen LogP contribution in [0.4, 0.5) is 0 Å². The molecule has 0 bridgehead atoms. The lowest BCUT2D eigenvalue weighted by atomic mass is 10.1. The number of furan rings is 1. The number of aryl methyl sites for hydroxylation is 1. The normalized spacial score (nSPS) is 10.8. The molecule has 0 aromatic carbocycles. The van der Waals surface area contributed by atoms with Gasteiger partial charge in [0, 0.05) is 0 Å². The van der Waals surface area contributed by atoms with Gasteiger partial charge in [0.05, 0.1) is 25.9 Å². The zero-order valence-electron chi connectivity index (χ0n) is 8.03. The van der Waals surface area contributed by atoms with E-state index in [9.17, 15) is 0 Å². The maximum Gasteiger partial charge on any atom is 0.0934 e. The van der Waals surface area contributed by atoms with Crippen molar-refractivity contribution in [3.05, 3.63) is 36.5 Å². The molecule has 0 atom stereocenters. The van der Waals surface area contributed by atoms with Crippen LogP contribution in [0.2, 0.25) is 0 Å². The smallest absolute Gasteiger partial charge is 0.0934 e. The highest BCUT2D eigenvalue weighted by Gasteiger charge is 1.92. The molecule has 0 radical (unpaired) electrons. The van der Waals surface area contributed by atoms with Crippen LogP contribution in [0.1, 0.15) is 24.8 Å². The van der Waals surface area contributed by atoms with Crippen LogP contribution in [-0.2, 0) is 11.2 Å². The van der Waals surface area contributed by atoms with E-state index in [2.05, 4.69) is 6.08 Å². The summed E-state index contributed by atoms with van der Waals surface area (Å²) in [6, 6.07) is 2.02. The van der Waals surface area contributed by atoms with E-state index in [1.165, 1.54) is 18.4 Å². The van der Waals surface area contributed by atoms with Crippen molar-refractivity contribution in [2.45, 2.75) is 25.7 Å². The van der Waals surface area contributed by atoms with E-state index in [-0.39, 0.29) is 0 Å². The highest BCUT2D eigenvalue weighted by molar-refractivity contribution is 5.04. The molecule has 13 heavy (non-hydrogen) atoms. The van der Waals surface area contributed by atoms with Gasteiger partial charge in [-0.2, -0.15) is 0 Å². The van der Waals surface area contributed by atoms with E-state index >= 15 is 0 Å². The summed E-state index contributed by atoms with van der Waals surface area (Å²) in [5.41, 5.74) is 1.29. The minimum Gasteiger partial charge on any atom is -0.505 e. The summed E-state index contributed by atoms with van der Waals surface area (Å²) in [7, 11) is 1.67. The third kappa shape index (κ3) is 4.41. The highest BCUT2D eigenvalue weighted by atomic mass is 16.5. The van der Waals surface area contributed by atoms with Gasteiger partial charge in [0.1, 0.15) is 0 Å². The van der Waals surface area contributed by atoms with Gasteiger partial charge in [0.2, 0.25) is 0 Å². The maximum absolute atomic E-state index is 4.98. The Hall–Kier alpha value is -1.18. The number of methoxy groups -OCH3 is 1. The number of rotatable bonds is 6. The van der Waals surface area contributed by atoms with Crippen molar-refractivity contribution in [2.75, 3.05) is 7.11 Å². The molecular weight excluding hydrogens is 164 g/mol. The molecule has 0 N–H and O–H groups in total. The summed E-state index contributed by atoms with van der Waals surface area (Å²) in [6.45, 7) is 0.